The van der Waals surface area contributed by atoms with Gasteiger partial charge >= 0.3 is 58.4 Å². The van der Waals surface area contributed by atoms with Crippen molar-refractivity contribution in [2.24, 2.45) is 0 Å². The van der Waals surface area contributed by atoms with Crippen LogP contribution in [0.4, 0.5) is 12.9 Å². The van der Waals surface area contributed by atoms with Gasteiger partial charge in [-0.15, -0.1) is 11.3 Å². The molecule has 7 heteroatoms. The van der Waals surface area contributed by atoms with E-state index in [0.29, 0.717) is 4.88 Å². The van der Waals surface area contributed by atoms with Crippen LogP contribution >= 0.6 is 11.3 Å². The molecule has 0 amide bonds. The van der Waals surface area contributed by atoms with Gasteiger partial charge in [-0.05, 0) is 30.4 Å². The third kappa shape index (κ3) is 5.65. The summed E-state index contributed by atoms with van der Waals surface area (Å²) in [5, 5.41) is 1.71. The minimum Gasteiger partial charge on any atom is -0.449 e. The smallest absolute Gasteiger partial charge is 0.449 e. The summed E-state index contributed by atoms with van der Waals surface area (Å²) < 4.78 is 35.6. The molecule has 0 N–H and O–H groups in total. The summed E-state index contributed by atoms with van der Waals surface area (Å²) in [6.45, 7) is -3.12. The largest absolute Gasteiger partial charge is 1.00 e. The molecule has 0 spiro atoms. The van der Waals surface area contributed by atoms with Crippen LogP contribution in [0.1, 0.15) is 21.7 Å². The zero-order valence-corrected chi connectivity index (χ0v) is 12.5. The first-order chi connectivity index (χ1) is 6.40. The van der Waals surface area contributed by atoms with Gasteiger partial charge in [0.25, 0.3) is 0 Å². The van der Waals surface area contributed by atoms with Gasteiger partial charge in [0, 0.05) is 0 Å². The van der Waals surface area contributed by atoms with Crippen molar-refractivity contribution in [2.75, 3.05) is 0 Å². The molecular formula is C8H9BF3KOS. The molecular weight excluding hydrogens is 251 g/mol. The topological polar surface area (TPSA) is 17.1 Å². The molecule has 1 nitrogen and oxygen atoms in total. The van der Waals surface area contributed by atoms with E-state index in [9.17, 15) is 17.7 Å². The summed E-state index contributed by atoms with van der Waals surface area (Å²) in [5.41, 5.74) is 0.759. The van der Waals surface area contributed by atoms with Gasteiger partial charge in [0.1, 0.15) is 0 Å². The Morgan fingerprint density at radius 1 is 1.47 bits per heavy atom. The second kappa shape index (κ2) is 6.56. The molecule has 0 fully saturated rings. The molecule has 0 saturated heterocycles. The van der Waals surface area contributed by atoms with E-state index in [1.807, 2.05) is 0 Å². The Hall–Kier alpha value is 0.861. The average Bonchev–Trinajstić information content (AvgIpc) is 2.46. The third-order valence-corrected chi connectivity index (χ3v) is 2.87. The maximum atomic E-state index is 11.9. The van der Waals surface area contributed by atoms with E-state index in [0.717, 1.165) is 5.56 Å². The fraction of sp³-hybridized carbons (Fsp3) is 0.375. The Labute approximate surface area is 133 Å². The number of aryl methyl sites for hydroxylation is 1. The summed E-state index contributed by atoms with van der Waals surface area (Å²) in [7, 11) is 0. The molecule has 0 aliphatic rings. The van der Waals surface area contributed by atoms with Crippen molar-refractivity contribution in [3.05, 3.63) is 21.9 Å². The quantitative estimate of drug-likeness (QED) is 0.568. The van der Waals surface area contributed by atoms with E-state index in [-0.39, 0.29) is 51.4 Å². The van der Waals surface area contributed by atoms with Crippen molar-refractivity contribution in [3.8, 4) is 0 Å². The minimum atomic E-state index is -4.84. The number of halogens is 3. The number of thiophene rings is 1. The molecule has 1 heterocycles. The van der Waals surface area contributed by atoms with Crippen LogP contribution in [0, 0.1) is 6.92 Å². The number of carbonyl (C=O) groups excluding carboxylic acids is 1. The Kier molecular flexibility index (Phi) is 6.94. The molecule has 0 aliphatic carbocycles. The van der Waals surface area contributed by atoms with Gasteiger partial charge in [-0.2, -0.15) is 0 Å². The van der Waals surface area contributed by atoms with E-state index < -0.39 is 25.5 Å². The first-order valence-electron chi connectivity index (χ1n) is 4.18. The van der Waals surface area contributed by atoms with Crippen LogP contribution < -0.4 is 51.4 Å². The molecule has 0 saturated carbocycles. The molecule has 1 aromatic rings. The molecule has 0 atom stereocenters. The molecule has 15 heavy (non-hydrogen) atoms. The summed E-state index contributed by atoms with van der Waals surface area (Å²) in [6.07, 6.45) is -1.40. The zero-order chi connectivity index (χ0) is 10.8. The minimum absolute atomic E-state index is 0. The number of carbonyl (C=O) groups is 1. The van der Waals surface area contributed by atoms with E-state index in [1.54, 1.807) is 18.4 Å². The predicted molar refractivity (Wildman–Crippen MR) is 51.9 cm³/mol. The van der Waals surface area contributed by atoms with E-state index >= 15 is 0 Å². The second-order valence-corrected chi connectivity index (χ2v) is 4.02. The Morgan fingerprint density at radius 2 is 2.07 bits per heavy atom. The average molecular weight is 260 g/mol. The summed E-state index contributed by atoms with van der Waals surface area (Å²) in [6, 6.07) is 1.73. The van der Waals surface area contributed by atoms with Crippen molar-refractivity contribution >= 4 is 24.1 Å². The Bertz CT molecular complexity index is 337. The number of ketones is 1. The van der Waals surface area contributed by atoms with E-state index in [2.05, 4.69) is 0 Å². The van der Waals surface area contributed by atoms with Crippen molar-refractivity contribution in [1.82, 2.24) is 0 Å². The second-order valence-electron chi connectivity index (χ2n) is 3.10. The summed E-state index contributed by atoms with van der Waals surface area (Å²) >= 11 is 1.20. The van der Waals surface area contributed by atoms with Crippen molar-refractivity contribution in [1.29, 1.82) is 0 Å². The monoisotopic (exact) mass is 260 g/mol. The van der Waals surface area contributed by atoms with Crippen molar-refractivity contribution < 1.29 is 69.1 Å². The fourth-order valence-corrected chi connectivity index (χ4v) is 1.96. The van der Waals surface area contributed by atoms with Crippen LogP contribution in [0.3, 0.4) is 0 Å². The molecule has 0 bridgehead atoms. The Morgan fingerprint density at radius 3 is 2.47 bits per heavy atom. The zero-order valence-electron chi connectivity index (χ0n) is 8.60. The van der Waals surface area contributed by atoms with Crippen LogP contribution in [-0.4, -0.2) is 12.8 Å². The number of hydrogen-bond acceptors (Lipinski definition) is 2. The molecule has 1 aromatic heterocycles. The maximum Gasteiger partial charge on any atom is 1.00 e. The standard InChI is InChI=1S/C8H9BF3OS.K/c1-6-3-5-14-8(6)7(13)2-4-9(10,11)12;/h3,5H,2,4H2,1H3;/q-1;+1. The van der Waals surface area contributed by atoms with Gasteiger partial charge in [0.2, 0.25) is 0 Å². The summed E-state index contributed by atoms with van der Waals surface area (Å²) in [5.74, 6) is -0.406. The van der Waals surface area contributed by atoms with Crippen molar-refractivity contribution in [3.63, 3.8) is 0 Å². The molecule has 0 radical (unpaired) electrons. The number of Topliss-reactive ketones (excluding diaryl/α,β-unsaturated/α-hetero) is 1. The van der Waals surface area contributed by atoms with Gasteiger partial charge in [-0.1, -0.05) is 6.32 Å². The van der Waals surface area contributed by atoms with Gasteiger partial charge in [0.05, 0.1) is 4.88 Å². The van der Waals surface area contributed by atoms with Crippen LogP contribution in [0.2, 0.25) is 6.32 Å². The number of rotatable bonds is 4. The molecule has 0 aromatic carbocycles. The fourth-order valence-electron chi connectivity index (χ4n) is 1.07. The normalized spacial score (nSPS) is 10.9. The predicted octanol–water partition coefficient (Wildman–Crippen LogP) is 0.481. The molecule has 78 valence electrons. The molecule has 1 rings (SSSR count). The molecule has 0 aliphatic heterocycles. The SMILES string of the molecule is Cc1ccsc1C(=O)CC[B-](F)(F)F.[K+]. The van der Waals surface area contributed by atoms with Crippen LogP contribution in [0.15, 0.2) is 11.4 Å². The third-order valence-electron chi connectivity index (χ3n) is 1.81. The number of hydrogen-bond donors (Lipinski definition) is 0. The first kappa shape index (κ1) is 15.9. The van der Waals surface area contributed by atoms with Gasteiger partial charge in [-0.3, -0.25) is 4.79 Å². The molecule has 0 unspecified atom stereocenters. The van der Waals surface area contributed by atoms with E-state index in [1.165, 1.54) is 11.3 Å². The van der Waals surface area contributed by atoms with Crippen molar-refractivity contribution in [2.45, 2.75) is 19.7 Å². The maximum absolute atomic E-state index is 11.9. The van der Waals surface area contributed by atoms with Gasteiger partial charge < -0.3 is 12.9 Å². The van der Waals surface area contributed by atoms with Gasteiger partial charge in [0.15, 0.2) is 5.78 Å². The van der Waals surface area contributed by atoms with Crippen LogP contribution in [0.5, 0.6) is 0 Å². The van der Waals surface area contributed by atoms with Crippen LogP contribution in [0.25, 0.3) is 0 Å². The van der Waals surface area contributed by atoms with E-state index in [4.69, 9.17) is 0 Å². The summed E-state index contributed by atoms with van der Waals surface area (Å²) in [4.78, 5) is 11.7. The van der Waals surface area contributed by atoms with Crippen LogP contribution in [-0.2, 0) is 0 Å². The Balaban J connectivity index is 0.00000196. The first-order valence-corrected chi connectivity index (χ1v) is 5.06. The van der Waals surface area contributed by atoms with Gasteiger partial charge in [-0.25, -0.2) is 0 Å².